The molecule has 0 saturated carbocycles. The van der Waals surface area contributed by atoms with Gasteiger partial charge in [-0.3, -0.25) is 4.79 Å². The van der Waals surface area contributed by atoms with Crippen LogP contribution in [0.4, 0.5) is 0 Å². The lowest BCUT2D eigenvalue weighted by molar-refractivity contribution is -0.121. The molecule has 3 N–H and O–H groups in total. The topological polar surface area (TPSA) is 55.1 Å². The Kier molecular flexibility index (Phi) is 7.75. The lowest BCUT2D eigenvalue weighted by Gasteiger charge is -2.14. The standard InChI is InChI=1S/C15H26N2OS/c1-3-4-13(9-10-16)6-8-15(18)17-11-14-7-5-12(2)19-14/h5,7,13H,3-4,6,8-11,16H2,1-2H3,(H,17,18). The quantitative estimate of drug-likeness (QED) is 0.730. The van der Waals surface area contributed by atoms with Crippen molar-refractivity contribution in [2.24, 2.45) is 11.7 Å². The molecule has 1 aromatic rings. The van der Waals surface area contributed by atoms with Gasteiger partial charge in [0, 0.05) is 16.2 Å². The lowest BCUT2D eigenvalue weighted by Crippen LogP contribution is -2.23. The minimum atomic E-state index is 0.157. The smallest absolute Gasteiger partial charge is 0.220 e. The Labute approximate surface area is 120 Å². The maximum Gasteiger partial charge on any atom is 0.220 e. The Bertz CT molecular complexity index is 370. The van der Waals surface area contributed by atoms with E-state index >= 15 is 0 Å². The summed E-state index contributed by atoms with van der Waals surface area (Å²) in [6, 6.07) is 4.17. The van der Waals surface area contributed by atoms with Crippen molar-refractivity contribution in [2.75, 3.05) is 6.54 Å². The molecule has 1 amide bonds. The Morgan fingerprint density at radius 3 is 2.74 bits per heavy atom. The van der Waals surface area contributed by atoms with Gasteiger partial charge in [-0.05, 0) is 44.4 Å². The van der Waals surface area contributed by atoms with Gasteiger partial charge in [-0.1, -0.05) is 19.8 Å². The molecule has 1 unspecified atom stereocenters. The molecule has 0 bridgehead atoms. The summed E-state index contributed by atoms with van der Waals surface area (Å²) < 4.78 is 0. The minimum absolute atomic E-state index is 0.157. The largest absolute Gasteiger partial charge is 0.351 e. The predicted molar refractivity (Wildman–Crippen MR) is 82.2 cm³/mol. The average molecular weight is 282 g/mol. The van der Waals surface area contributed by atoms with E-state index in [0.717, 1.165) is 19.4 Å². The van der Waals surface area contributed by atoms with Crippen molar-refractivity contribution >= 4 is 17.2 Å². The highest BCUT2D eigenvalue weighted by Gasteiger charge is 2.10. The molecule has 19 heavy (non-hydrogen) atoms. The van der Waals surface area contributed by atoms with Crippen molar-refractivity contribution in [2.45, 2.75) is 52.5 Å². The van der Waals surface area contributed by atoms with Crippen molar-refractivity contribution in [1.29, 1.82) is 0 Å². The number of nitrogens with one attached hydrogen (secondary N) is 1. The van der Waals surface area contributed by atoms with Gasteiger partial charge in [0.05, 0.1) is 6.54 Å². The monoisotopic (exact) mass is 282 g/mol. The molecule has 0 radical (unpaired) electrons. The normalized spacial score (nSPS) is 12.4. The van der Waals surface area contributed by atoms with Crippen molar-refractivity contribution in [3.05, 3.63) is 21.9 Å². The van der Waals surface area contributed by atoms with E-state index in [4.69, 9.17) is 5.73 Å². The second-order valence-corrected chi connectivity index (χ2v) is 6.43. The zero-order valence-corrected chi connectivity index (χ0v) is 12.9. The Morgan fingerprint density at radius 2 is 2.16 bits per heavy atom. The summed E-state index contributed by atoms with van der Waals surface area (Å²) in [6.45, 7) is 5.65. The van der Waals surface area contributed by atoms with Crippen LogP contribution in [0.25, 0.3) is 0 Å². The second-order valence-electron chi connectivity index (χ2n) is 5.06. The van der Waals surface area contributed by atoms with E-state index in [1.807, 2.05) is 0 Å². The SMILES string of the molecule is CCCC(CCN)CCC(=O)NCc1ccc(C)s1. The highest BCUT2D eigenvalue weighted by molar-refractivity contribution is 7.11. The highest BCUT2D eigenvalue weighted by Crippen LogP contribution is 2.17. The first-order valence-electron chi connectivity index (χ1n) is 7.17. The lowest BCUT2D eigenvalue weighted by atomic mass is 9.94. The van der Waals surface area contributed by atoms with E-state index < -0.39 is 0 Å². The maximum absolute atomic E-state index is 11.8. The fourth-order valence-electron chi connectivity index (χ4n) is 2.27. The number of thiophene rings is 1. The molecule has 0 aromatic carbocycles. The average Bonchev–Trinajstić information content (AvgIpc) is 2.80. The van der Waals surface area contributed by atoms with E-state index in [9.17, 15) is 4.79 Å². The van der Waals surface area contributed by atoms with Crippen LogP contribution in [0.5, 0.6) is 0 Å². The molecule has 0 aliphatic heterocycles. The van der Waals surface area contributed by atoms with Gasteiger partial charge in [0.1, 0.15) is 0 Å². The van der Waals surface area contributed by atoms with Gasteiger partial charge >= 0.3 is 0 Å². The molecule has 108 valence electrons. The molecule has 0 aliphatic carbocycles. The number of aryl methyl sites for hydroxylation is 1. The van der Waals surface area contributed by atoms with E-state index in [-0.39, 0.29) is 5.91 Å². The van der Waals surface area contributed by atoms with Gasteiger partial charge < -0.3 is 11.1 Å². The van der Waals surface area contributed by atoms with Gasteiger partial charge in [0.15, 0.2) is 0 Å². The van der Waals surface area contributed by atoms with E-state index in [1.165, 1.54) is 22.6 Å². The molecule has 0 aliphatic rings. The molecule has 1 heterocycles. The van der Waals surface area contributed by atoms with Crippen LogP contribution in [-0.2, 0) is 11.3 Å². The molecule has 3 nitrogen and oxygen atoms in total. The minimum Gasteiger partial charge on any atom is -0.351 e. The van der Waals surface area contributed by atoms with E-state index in [0.29, 0.717) is 18.9 Å². The van der Waals surface area contributed by atoms with Crippen molar-refractivity contribution in [3.63, 3.8) is 0 Å². The van der Waals surface area contributed by atoms with Crippen LogP contribution in [-0.4, -0.2) is 12.5 Å². The van der Waals surface area contributed by atoms with Crippen LogP contribution >= 0.6 is 11.3 Å². The van der Waals surface area contributed by atoms with Crippen LogP contribution in [0.1, 0.15) is 48.8 Å². The Balaban J connectivity index is 2.22. The molecule has 0 saturated heterocycles. The predicted octanol–water partition coefficient (Wildman–Crippen LogP) is 3.22. The first kappa shape index (κ1) is 16.2. The van der Waals surface area contributed by atoms with Crippen LogP contribution in [0, 0.1) is 12.8 Å². The van der Waals surface area contributed by atoms with Crippen LogP contribution in [0.3, 0.4) is 0 Å². The molecular weight excluding hydrogens is 256 g/mol. The van der Waals surface area contributed by atoms with Crippen LogP contribution in [0.2, 0.25) is 0 Å². The fourth-order valence-corrected chi connectivity index (χ4v) is 3.10. The molecule has 0 fully saturated rings. The zero-order valence-electron chi connectivity index (χ0n) is 12.1. The second kappa shape index (κ2) is 9.10. The van der Waals surface area contributed by atoms with Crippen molar-refractivity contribution in [1.82, 2.24) is 5.32 Å². The number of rotatable bonds is 9. The van der Waals surface area contributed by atoms with Crippen LogP contribution < -0.4 is 11.1 Å². The molecule has 1 aromatic heterocycles. The molecule has 1 atom stereocenters. The highest BCUT2D eigenvalue weighted by atomic mass is 32.1. The summed E-state index contributed by atoms with van der Waals surface area (Å²) in [5.74, 6) is 0.758. The van der Waals surface area contributed by atoms with Gasteiger partial charge in [-0.25, -0.2) is 0 Å². The number of nitrogens with two attached hydrogens (primary N) is 1. The zero-order chi connectivity index (χ0) is 14.1. The summed E-state index contributed by atoms with van der Waals surface area (Å²) >= 11 is 1.74. The van der Waals surface area contributed by atoms with Crippen LogP contribution in [0.15, 0.2) is 12.1 Å². The summed E-state index contributed by atoms with van der Waals surface area (Å²) in [5.41, 5.74) is 5.60. The number of hydrogen-bond acceptors (Lipinski definition) is 3. The number of carbonyl (C=O) groups excluding carboxylic acids is 1. The van der Waals surface area contributed by atoms with E-state index in [1.54, 1.807) is 11.3 Å². The first-order chi connectivity index (χ1) is 9.15. The molecule has 0 spiro atoms. The third kappa shape index (κ3) is 6.73. The van der Waals surface area contributed by atoms with Crippen molar-refractivity contribution < 1.29 is 4.79 Å². The summed E-state index contributed by atoms with van der Waals surface area (Å²) in [4.78, 5) is 14.3. The first-order valence-corrected chi connectivity index (χ1v) is 7.99. The summed E-state index contributed by atoms with van der Waals surface area (Å²) in [6.07, 6.45) is 4.95. The van der Waals surface area contributed by atoms with Gasteiger partial charge in [-0.2, -0.15) is 0 Å². The third-order valence-electron chi connectivity index (χ3n) is 3.31. The molecule has 1 rings (SSSR count). The van der Waals surface area contributed by atoms with Crippen molar-refractivity contribution in [3.8, 4) is 0 Å². The number of hydrogen-bond donors (Lipinski definition) is 2. The fraction of sp³-hybridized carbons (Fsp3) is 0.667. The third-order valence-corrected chi connectivity index (χ3v) is 4.31. The van der Waals surface area contributed by atoms with E-state index in [2.05, 4.69) is 31.3 Å². The van der Waals surface area contributed by atoms with Gasteiger partial charge in [0.25, 0.3) is 0 Å². The number of amides is 1. The van der Waals surface area contributed by atoms with Gasteiger partial charge in [0.2, 0.25) is 5.91 Å². The molecule has 4 heteroatoms. The summed E-state index contributed by atoms with van der Waals surface area (Å²) in [7, 11) is 0. The van der Waals surface area contributed by atoms with Gasteiger partial charge in [-0.15, -0.1) is 11.3 Å². The Morgan fingerprint density at radius 1 is 1.37 bits per heavy atom. The summed E-state index contributed by atoms with van der Waals surface area (Å²) in [5, 5.41) is 2.99. The Hall–Kier alpha value is -0.870. The molecular formula is C15H26N2OS. The maximum atomic E-state index is 11.8. The number of carbonyl (C=O) groups is 1.